The minimum absolute atomic E-state index is 0.0443. The number of nitrogens with zero attached hydrogens (tertiary/aromatic N) is 1. The van der Waals surface area contributed by atoms with Crippen molar-refractivity contribution in [2.75, 3.05) is 14.2 Å². The van der Waals surface area contributed by atoms with Crippen LogP contribution in [0.2, 0.25) is 0 Å². The number of aliphatic hydroxyl groups excluding tert-OH is 2. The van der Waals surface area contributed by atoms with Crippen molar-refractivity contribution in [1.82, 2.24) is 20.9 Å². The van der Waals surface area contributed by atoms with E-state index in [0.29, 0.717) is 17.9 Å². The molecule has 0 spiro atoms. The zero-order valence-corrected chi connectivity index (χ0v) is 32.6. The van der Waals surface area contributed by atoms with Crippen molar-refractivity contribution in [3.05, 3.63) is 78.0 Å². The molecule has 1 fully saturated rings. The third-order valence-corrected chi connectivity index (χ3v) is 10.1. The number of amides is 3. The second kappa shape index (κ2) is 19.3. The zero-order chi connectivity index (χ0) is 41.2. The maximum Gasteiger partial charge on any atom is 0.573 e. The van der Waals surface area contributed by atoms with Crippen LogP contribution in [0.15, 0.2) is 66.9 Å². The average Bonchev–Trinajstić information content (AvgIpc) is 3.13. The summed E-state index contributed by atoms with van der Waals surface area (Å²) in [4.78, 5) is 44.5. The Bertz CT molecular complexity index is 1740. The van der Waals surface area contributed by atoms with Crippen molar-refractivity contribution in [3.63, 3.8) is 0 Å². The molecule has 3 amide bonds. The molecule has 0 aliphatic heterocycles. The average molecular weight is 787 g/mol. The molecule has 12 nitrogen and oxygen atoms in total. The summed E-state index contributed by atoms with van der Waals surface area (Å²) in [6, 6.07) is 13.6. The van der Waals surface area contributed by atoms with Gasteiger partial charge in [-0.2, -0.15) is 0 Å². The number of methoxy groups -OCH3 is 2. The SMILES string of the molecule is COC(=O)N[C@H](C(=O)N[C@@H](Cc1ccc(-c2ccc(OC)nc2)cc1)[C@@H](O)C[C@@H](Cc1cccc(OC(F)(F)F)c1)C(=O)N[C@H]1[C@H](C)CCC[C@H]1O)C(C)(C)C. The van der Waals surface area contributed by atoms with Gasteiger partial charge in [0.05, 0.1) is 38.5 Å². The number of alkyl carbamates (subject to hydrolysis) is 1. The van der Waals surface area contributed by atoms with Crippen LogP contribution in [0.4, 0.5) is 18.0 Å². The Hall–Kier alpha value is -4.89. The van der Waals surface area contributed by atoms with Gasteiger partial charge in [-0.05, 0) is 78.3 Å². The fourth-order valence-corrected chi connectivity index (χ4v) is 6.96. The summed E-state index contributed by atoms with van der Waals surface area (Å²) < 4.78 is 53.3. The summed E-state index contributed by atoms with van der Waals surface area (Å²) in [6.07, 6.45) is -4.39. The number of alkyl halides is 3. The molecule has 0 saturated heterocycles. The molecule has 1 aliphatic carbocycles. The summed E-state index contributed by atoms with van der Waals surface area (Å²) in [5.74, 6) is -2.17. The molecule has 1 saturated carbocycles. The molecule has 7 atom stereocenters. The first-order valence-corrected chi connectivity index (χ1v) is 18.6. The van der Waals surface area contributed by atoms with Gasteiger partial charge in [-0.3, -0.25) is 9.59 Å². The van der Waals surface area contributed by atoms with E-state index in [0.717, 1.165) is 35.6 Å². The van der Waals surface area contributed by atoms with E-state index in [-0.39, 0.29) is 25.2 Å². The molecule has 1 aromatic heterocycles. The predicted octanol–water partition coefficient (Wildman–Crippen LogP) is 5.73. The van der Waals surface area contributed by atoms with Crippen LogP contribution in [0, 0.1) is 17.3 Å². The van der Waals surface area contributed by atoms with Crippen molar-refractivity contribution in [2.24, 2.45) is 17.3 Å². The molecule has 2 aromatic carbocycles. The molecule has 0 unspecified atom stereocenters. The lowest BCUT2D eigenvalue weighted by atomic mass is 9.82. The summed E-state index contributed by atoms with van der Waals surface area (Å²) in [7, 11) is 2.70. The van der Waals surface area contributed by atoms with E-state index in [4.69, 9.17) is 9.47 Å². The van der Waals surface area contributed by atoms with E-state index in [1.165, 1.54) is 26.4 Å². The Morgan fingerprint density at radius 2 is 1.61 bits per heavy atom. The van der Waals surface area contributed by atoms with Gasteiger partial charge in [0.15, 0.2) is 0 Å². The van der Waals surface area contributed by atoms with Gasteiger partial charge < -0.3 is 40.4 Å². The molecule has 4 rings (SSSR count). The van der Waals surface area contributed by atoms with Crippen molar-refractivity contribution in [2.45, 2.75) is 103 Å². The summed E-state index contributed by atoms with van der Waals surface area (Å²) in [5.41, 5.74) is 1.97. The molecule has 5 N–H and O–H groups in total. The first-order valence-electron chi connectivity index (χ1n) is 18.6. The van der Waals surface area contributed by atoms with Crippen LogP contribution < -0.4 is 25.4 Å². The minimum Gasteiger partial charge on any atom is -0.481 e. The lowest BCUT2D eigenvalue weighted by Crippen LogP contribution is -2.58. The number of ether oxygens (including phenoxy) is 3. The summed E-state index contributed by atoms with van der Waals surface area (Å²) in [6.45, 7) is 7.18. The van der Waals surface area contributed by atoms with Gasteiger partial charge in [0, 0.05) is 23.7 Å². The highest BCUT2D eigenvalue weighted by Crippen LogP contribution is 2.29. The van der Waals surface area contributed by atoms with E-state index in [2.05, 4.69) is 25.7 Å². The lowest BCUT2D eigenvalue weighted by Gasteiger charge is -2.36. The van der Waals surface area contributed by atoms with Gasteiger partial charge in [0.1, 0.15) is 11.8 Å². The van der Waals surface area contributed by atoms with E-state index >= 15 is 0 Å². The zero-order valence-electron chi connectivity index (χ0n) is 32.6. The first kappa shape index (κ1) is 43.8. The molecule has 1 heterocycles. The molecule has 306 valence electrons. The number of halogens is 3. The number of aromatic nitrogens is 1. The van der Waals surface area contributed by atoms with Gasteiger partial charge in [0.25, 0.3) is 0 Å². The van der Waals surface area contributed by atoms with Crippen molar-refractivity contribution < 1.29 is 52.0 Å². The number of carbonyl (C=O) groups excluding carboxylic acids is 3. The highest BCUT2D eigenvalue weighted by molar-refractivity contribution is 5.86. The van der Waals surface area contributed by atoms with E-state index < -0.39 is 71.7 Å². The molecule has 0 bridgehead atoms. The predicted molar refractivity (Wildman–Crippen MR) is 203 cm³/mol. The van der Waals surface area contributed by atoms with E-state index in [9.17, 15) is 37.8 Å². The molecule has 3 aromatic rings. The Labute approximate surface area is 325 Å². The van der Waals surface area contributed by atoms with Crippen molar-refractivity contribution in [3.8, 4) is 22.8 Å². The molecular formula is C41H53F3N4O8. The maximum absolute atomic E-state index is 14.1. The monoisotopic (exact) mass is 786 g/mol. The van der Waals surface area contributed by atoms with Crippen molar-refractivity contribution >= 4 is 17.9 Å². The second-order valence-corrected chi connectivity index (χ2v) is 15.4. The fraction of sp³-hybridized carbons (Fsp3) is 0.512. The summed E-state index contributed by atoms with van der Waals surface area (Å²) in [5, 5.41) is 31.2. The maximum atomic E-state index is 14.1. The molecule has 0 radical (unpaired) electrons. The van der Waals surface area contributed by atoms with Crippen LogP contribution in [0.5, 0.6) is 11.6 Å². The van der Waals surface area contributed by atoms with Gasteiger partial charge in [-0.1, -0.05) is 70.5 Å². The number of benzene rings is 2. The lowest BCUT2D eigenvalue weighted by molar-refractivity contribution is -0.274. The Balaban J connectivity index is 1.66. The molecular weight excluding hydrogens is 733 g/mol. The molecule has 56 heavy (non-hydrogen) atoms. The van der Waals surface area contributed by atoms with Crippen LogP contribution >= 0.6 is 0 Å². The highest BCUT2D eigenvalue weighted by Gasteiger charge is 2.38. The fourth-order valence-electron chi connectivity index (χ4n) is 6.96. The topological polar surface area (TPSA) is 168 Å². The first-order chi connectivity index (χ1) is 26.4. The Morgan fingerprint density at radius 3 is 2.20 bits per heavy atom. The number of rotatable bonds is 15. The number of carbonyl (C=O) groups is 3. The largest absolute Gasteiger partial charge is 0.573 e. The Kier molecular flexibility index (Phi) is 15.1. The normalized spacial score (nSPS) is 19.4. The van der Waals surface area contributed by atoms with E-state index in [1.54, 1.807) is 39.1 Å². The quantitative estimate of drug-likeness (QED) is 0.129. The minimum atomic E-state index is -4.93. The molecule has 15 heteroatoms. The summed E-state index contributed by atoms with van der Waals surface area (Å²) >= 11 is 0. The number of nitrogens with one attached hydrogen (secondary N) is 3. The van der Waals surface area contributed by atoms with Crippen molar-refractivity contribution in [1.29, 1.82) is 0 Å². The van der Waals surface area contributed by atoms with Gasteiger partial charge in [0.2, 0.25) is 17.7 Å². The van der Waals surface area contributed by atoms with Crippen LogP contribution in [0.3, 0.4) is 0 Å². The highest BCUT2D eigenvalue weighted by atomic mass is 19.4. The second-order valence-electron chi connectivity index (χ2n) is 15.4. The molecule has 1 aliphatic rings. The third-order valence-electron chi connectivity index (χ3n) is 10.1. The van der Waals surface area contributed by atoms with Gasteiger partial charge in [-0.25, -0.2) is 9.78 Å². The van der Waals surface area contributed by atoms with E-state index in [1.807, 2.05) is 37.3 Å². The number of hydrogen-bond acceptors (Lipinski definition) is 9. The van der Waals surface area contributed by atoms with Crippen LogP contribution in [-0.2, 0) is 27.2 Å². The van der Waals surface area contributed by atoms with Gasteiger partial charge in [-0.15, -0.1) is 13.2 Å². The number of hydrogen-bond donors (Lipinski definition) is 5. The third kappa shape index (κ3) is 12.8. The van der Waals surface area contributed by atoms with Crippen LogP contribution in [0.1, 0.15) is 64.5 Å². The van der Waals surface area contributed by atoms with Crippen LogP contribution in [-0.4, -0.2) is 84.0 Å². The smallest absolute Gasteiger partial charge is 0.481 e. The standard InChI is InChI=1S/C41H53F3N4O8/c1-24-9-7-12-32(49)35(24)47-37(51)29(19-26-10-8-11-30(20-26)56-41(42,43)44)22-33(50)31(46-38(52)36(40(2,3)4)48-39(53)55-6)21-25-13-15-27(16-14-25)28-17-18-34(54-5)45-23-28/h8,10-11,13-18,20,23-24,29,31-33,35-36,49-50H,7,9,12,19,21-22H2,1-6H3,(H,46,52)(H,47,51)(H,48,53)/t24-,29-,31+,32-,33+,35+,36-/m1/s1. The van der Waals surface area contributed by atoms with Gasteiger partial charge >= 0.3 is 12.5 Å². The number of aliphatic hydroxyl groups is 2. The number of pyridine rings is 1. The van der Waals surface area contributed by atoms with Crippen LogP contribution in [0.25, 0.3) is 11.1 Å². The Morgan fingerprint density at radius 1 is 0.911 bits per heavy atom.